The Morgan fingerprint density at radius 2 is 1.77 bits per heavy atom. The fraction of sp³-hybridized carbons (Fsp3) is 0.370. The van der Waals surface area contributed by atoms with Gasteiger partial charge in [-0.2, -0.15) is 9.40 Å². The van der Waals surface area contributed by atoms with Crippen molar-refractivity contribution >= 4 is 21.8 Å². The van der Waals surface area contributed by atoms with Crippen molar-refractivity contribution in [2.75, 3.05) is 44.3 Å². The van der Waals surface area contributed by atoms with Crippen LogP contribution in [0.25, 0.3) is 6.08 Å². The molecule has 1 N–H and O–H groups in total. The predicted molar refractivity (Wildman–Crippen MR) is 136 cm³/mol. The average Bonchev–Trinajstić information content (AvgIpc) is 3.34. The van der Waals surface area contributed by atoms with Crippen molar-refractivity contribution in [2.24, 2.45) is 5.41 Å². The van der Waals surface area contributed by atoms with Gasteiger partial charge in [-0.15, -0.1) is 0 Å². The molecule has 0 saturated carbocycles. The summed E-state index contributed by atoms with van der Waals surface area (Å²) >= 11 is 0. The van der Waals surface area contributed by atoms with E-state index in [9.17, 15) is 8.42 Å². The van der Waals surface area contributed by atoms with Crippen molar-refractivity contribution in [1.29, 1.82) is 0 Å². The van der Waals surface area contributed by atoms with Crippen LogP contribution in [-0.2, 0) is 27.6 Å². The van der Waals surface area contributed by atoms with E-state index in [0.717, 1.165) is 49.3 Å². The number of fused-ring (bicyclic) bond motifs is 2. The lowest BCUT2D eigenvalue weighted by atomic mass is 9.66. The minimum atomic E-state index is -3.62. The highest BCUT2D eigenvalue weighted by Crippen LogP contribution is 2.46. The second kappa shape index (κ2) is 8.93. The molecule has 3 aromatic rings. The molecule has 8 heteroatoms. The normalized spacial score (nSPS) is 22.9. The minimum absolute atomic E-state index is 0.280. The predicted octanol–water partition coefficient (Wildman–Crippen LogP) is 3.51. The fourth-order valence-corrected chi connectivity index (χ4v) is 7.30. The Balaban J connectivity index is 1.30. The summed E-state index contributed by atoms with van der Waals surface area (Å²) in [6, 6.07) is 17.7. The molecule has 2 aliphatic heterocycles. The van der Waals surface area contributed by atoms with E-state index in [-0.39, 0.29) is 5.41 Å². The highest BCUT2D eigenvalue weighted by atomic mass is 32.2. The number of rotatable bonds is 5. The van der Waals surface area contributed by atoms with E-state index in [2.05, 4.69) is 45.4 Å². The Hall–Kier alpha value is -2.94. The summed E-state index contributed by atoms with van der Waals surface area (Å²) in [4.78, 5) is 2.59. The average molecular weight is 491 g/mol. The largest absolute Gasteiger partial charge is 0.378 e. The molecule has 1 aromatic heterocycles. The molecule has 0 amide bonds. The molecule has 182 valence electrons. The molecule has 3 heterocycles. The monoisotopic (exact) mass is 490 g/mol. The molecule has 7 nitrogen and oxygen atoms in total. The number of sulfonamides is 1. The number of aromatic nitrogens is 2. The molecular formula is C27H30N4O3S. The first-order chi connectivity index (χ1) is 17.0. The molecule has 0 radical (unpaired) electrons. The standard InChI is InChI=1S/C27H30N4O3S/c32-35(33,25-8-6-24(7-9-25)30-12-14-34-15-13-30)31-11-10-23-16-26-22(19-28-29-26)18-27(23,20-31)17-21-4-2-1-3-5-21/h1-9,16,19H,10-15,17-18,20H2,(H,28,29). The number of aromatic amines is 1. The Morgan fingerprint density at radius 3 is 2.54 bits per heavy atom. The number of morpholine rings is 1. The SMILES string of the molecule is O=S(=O)(c1ccc(N2CCOCC2)cc1)N1CCC2=Cc3[nH]ncc3CC2(Cc2ccccc2)C1. The Bertz CT molecular complexity index is 1330. The van der Waals surface area contributed by atoms with Crippen LogP contribution in [0.15, 0.2) is 71.3 Å². The maximum Gasteiger partial charge on any atom is 0.243 e. The topological polar surface area (TPSA) is 78.5 Å². The van der Waals surface area contributed by atoms with Gasteiger partial charge in [-0.3, -0.25) is 5.10 Å². The summed E-state index contributed by atoms with van der Waals surface area (Å²) in [5, 5.41) is 7.35. The Kier molecular flexibility index (Phi) is 5.75. The molecule has 0 bridgehead atoms. The van der Waals surface area contributed by atoms with E-state index >= 15 is 0 Å². The van der Waals surface area contributed by atoms with Crippen LogP contribution in [0.3, 0.4) is 0 Å². The van der Waals surface area contributed by atoms with Crippen molar-refractivity contribution in [3.63, 3.8) is 0 Å². The van der Waals surface area contributed by atoms with Gasteiger partial charge in [0.1, 0.15) is 0 Å². The highest BCUT2D eigenvalue weighted by Gasteiger charge is 2.45. The zero-order chi connectivity index (χ0) is 23.9. The molecule has 35 heavy (non-hydrogen) atoms. The van der Waals surface area contributed by atoms with Crippen LogP contribution in [0.1, 0.15) is 23.2 Å². The van der Waals surface area contributed by atoms with Crippen LogP contribution >= 0.6 is 0 Å². The number of anilines is 1. The van der Waals surface area contributed by atoms with Crippen molar-refractivity contribution in [3.8, 4) is 0 Å². The van der Waals surface area contributed by atoms with Crippen molar-refractivity contribution in [1.82, 2.24) is 14.5 Å². The van der Waals surface area contributed by atoms with E-state index in [1.54, 1.807) is 16.4 Å². The molecule has 6 rings (SSSR count). The third-order valence-corrected chi connectivity index (χ3v) is 9.48. The van der Waals surface area contributed by atoms with Crippen LogP contribution in [0.4, 0.5) is 5.69 Å². The molecule has 1 atom stereocenters. The third kappa shape index (κ3) is 4.20. The number of benzene rings is 2. The molecule has 3 aliphatic rings. The molecule has 2 aromatic carbocycles. The fourth-order valence-electron chi connectivity index (χ4n) is 5.77. The van der Waals surface area contributed by atoms with Gasteiger partial charge >= 0.3 is 0 Å². The number of nitrogens with one attached hydrogen (secondary N) is 1. The van der Waals surface area contributed by atoms with Gasteiger partial charge in [-0.05, 0) is 60.7 Å². The molecule has 0 spiro atoms. The first kappa shape index (κ1) is 22.5. The van der Waals surface area contributed by atoms with Gasteiger partial charge in [-0.1, -0.05) is 35.9 Å². The van der Waals surface area contributed by atoms with Gasteiger partial charge in [0.05, 0.1) is 30.0 Å². The van der Waals surface area contributed by atoms with E-state index in [4.69, 9.17) is 4.74 Å². The van der Waals surface area contributed by atoms with E-state index in [0.29, 0.717) is 31.2 Å². The third-order valence-electron chi connectivity index (χ3n) is 7.63. The summed E-state index contributed by atoms with van der Waals surface area (Å²) in [6.07, 6.45) is 6.38. The number of nitrogens with zero attached hydrogens (tertiary/aromatic N) is 3. The van der Waals surface area contributed by atoms with E-state index in [1.807, 2.05) is 24.4 Å². The first-order valence-electron chi connectivity index (χ1n) is 12.2. The first-order valence-corrected chi connectivity index (χ1v) is 13.7. The van der Waals surface area contributed by atoms with Gasteiger partial charge in [0.2, 0.25) is 10.0 Å². The van der Waals surface area contributed by atoms with Gasteiger partial charge in [0.15, 0.2) is 0 Å². The molecule has 2 saturated heterocycles. The lowest BCUT2D eigenvalue weighted by molar-refractivity contribution is 0.122. The van der Waals surface area contributed by atoms with E-state index in [1.165, 1.54) is 11.1 Å². The summed E-state index contributed by atoms with van der Waals surface area (Å²) < 4.78 is 34.7. The van der Waals surface area contributed by atoms with Crippen LogP contribution in [-0.4, -0.2) is 62.3 Å². The van der Waals surface area contributed by atoms with Gasteiger partial charge in [0.25, 0.3) is 0 Å². The second-order valence-electron chi connectivity index (χ2n) is 9.78. The quantitative estimate of drug-likeness (QED) is 0.592. The van der Waals surface area contributed by atoms with Crippen molar-refractivity contribution < 1.29 is 13.2 Å². The maximum atomic E-state index is 13.8. The van der Waals surface area contributed by atoms with Crippen molar-refractivity contribution in [2.45, 2.75) is 24.2 Å². The number of H-pyrrole nitrogens is 1. The summed E-state index contributed by atoms with van der Waals surface area (Å²) in [7, 11) is -3.62. The van der Waals surface area contributed by atoms with Gasteiger partial charge < -0.3 is 9.64 Å². The lowest BCUT2D eigenvalue weighted by Crippen LogP contribution is -2.50. The minimum Gasteiger partial charge on any atom is -0.378 e. The maximum absolute atomic E-state index is 13.8. The van der Waals surface area contributed by atoms with Crippen LogP contribution in [0.2, 0.25) is 0 Å². The number of hydrogen-bond acceptors (Lipinski definition) is 5. The zero-order valence-corrected chi connectivity index (χ0v) is 20.5. The summed E-state index contributed by atoms with van der Waals surface area (Å²) in [5.74, 6) is 0. The van der Waals surface area contributed by atoms with E-state index < -0.39 is 10.0 Å². The molecule has 1 unspecified atom stereocenters. The molecule has 1 aliphatic carbocycles. The number of hydrogen-bond donors (Lipinski definition) is 1. The Labute approximate surface area is 206 Å². The lowest BCUT2D eigenvalue weighted by Gasteiger charge is -2.46. The van der Waals surface area contributed by atoms with Gasteiger partial charge in [0, 0.05) is 37.3 Å². The second-order valence-corrected chi connectivity index (χ2v) is 11.7. The van der Waals surface area contributed by atoms with Crippen LogP contribution in [0.5, 0.6) is 0 Å². The van der Waals surface area contributed by atoms with Crippen LogP contribution < -0.4 is 4.90 Å². The number of ether oxygens (including phenoxy) is 1. The zero-order valence-electron chi connectivity index (χ0n) is 19.7. The Morgan fingerprint density at radius 1 is 1.00 bits per heavy atom. The smallest absolute Gasteiger partial charge is 0.243 e. The summed E-state index contributed by atoms with van der Waals surface area (Å²) in [5.41, 5.74) is 5.50. The van der Waals surface area contributed by atoms with Gasteiger partial charge in [-0.25, -0.2) is 8.42 Å². The van der Waals surface area contributed by atoms with Crippen LogP contribution in [0, 0.1) is 5.41 Å². The summed E-state index contributed by atoms with van der Waals surface area (Å²) in [6.45, 7) is 4.00. The molecular weight excluding hydrogens is 460 g/mol. The number of piperidine rings is 1. The van der Waals surface area contributed by atoms with Crippen molar-refractivity contribution in [3.05, 3.63) is 83.2 Å². The highest BCUT2D eigenvalue weighted by molar-refractivity contribution is 7.89. The molecule has 2 fully saturated rings.